The molecule has 0 radical (unpaired) electrons. The predicted molar refractivity (Wildman–Crippen MR) is 52.6 cm³/mol. The molecule has 0 spiro atoms. The normalized spacial score (nSPS) is 9.57. The van der Waals surface area contributed by atoms with Gasteiger partial charge in [-0.15, -0.1) is 0 Å². The van der Waals surface area contributed by atoms with Crippen LogP contribution in [0.25, 0.3) is 0 Å². The molecule has 0 atom stereocenters. The summed E-state index contributed by atoms with van der Waals surface area (Å²) in [6.45, 7) is 2.59. The monoisotopic (exact) mass is 202 g/mol. The van der Waals surface area contributed by atoms with E-state index >= 15 is 0 Å². The Morgan fingerprint density at radius 3 is 2.21 bits per heavy atom. The largest absolute Gasteiger partial charge is 0.294 e. The van der Waals surface area contributed by atoms with Crippen LogP contribution >= 0.6 is 0 Å². The van der Waals surface area contributed by atoms with Crippen LogP contribution in [0.4, 0.5) is 0 Å². The molecule has 14 heavy (non-hydrogen) atoms. The Morgan fingerprint density at radius 1 is 1.14 bits per heavy atom. The van der Waals surface area contributed by atoms with Gasteiger partial charge in [0.15, 0.2) is 0 Å². The van der Waals surface area contributed by atoms with Gasteiger partial charge in [-0.2, -0.15) is 0 Å². The van der Waals surface area contributed by atoms with E-state index in [0.717, 1.165) is 0 Å². The van der Waals surface area contributed by atoms with Gasteiger partial charge in [0.25, 0.3) is 0 Å². The SMILES string of the molecule is CCNNC(=O)CCCCC(=O)NN. The van der Waals surface area contributed by atoms with Crippen LogP contribution in [0.2, 0.25) is 0 Å². The van der Waals surface area contributed by atoms with Crippen LogP contribution in [0.3, 0.4) is 0 Å². The van der Waals surface area contributed by atoms with Crippen LogP contribution in [-0.2, 0) is 9.59 Å². The van der Waals surface area contributed by atoms with Gasteiger partial charge in [0.1, 0.15) is 0 Å². The van der Waals surface area contributed by atoms with Crippen LogP contribution < -0.4 is 22.1 Å². The highest BCUT2D eigenvalue weighted by Crippen LogP contribution is 1.98. The summed E-state index contributed by atoms with van der Waals surface area (Å²) in [5.41, 5.74) is 7.27. The van der Waals surface area contributed by atoms with Crippen LogP contribution in [-0.4, -0.2) is 18.4 Å². The zero-order chi connectivity index (χ0) is 10.8. The lowest BCUT2D eigenvalue weighted by molar-refractivity contribution is -0.123. The summed E-state index contributed by atoms with van der Waals surface area (Å²) < 4.78 is 0. The van der Waals surface area contributed by atoms with Crippen LogP contribution in [0.5, 0.6) is 0 Å². The summed E-state index contributed by atoms with van der Waals surface area (Å²) in [4.78, 5) is 21.7. The highest BCUT2D eigenvalue weighted by atomic mass is 16.2. The fourth-order valence-corrected chi connectivity index (χ4v) is 0.893. The molecule has 0 aliphatic heterocycles. The third-order valence-corrected chi connectivity index (χ3v) is 1.62. The van der Waals surface area contributed by atoms with E-state index in [2.05, 4.69) is 10.9 Å². The summed E-state index contributed by atoms with van der Waals surface area (Å²) >= 11 is 0. The van der Waals surface area contributed by atoms with E-state index in [9.17, 15) is 9.59 Å². The molecule has 6 heteroatoms. The van der Waals surface area contributed by atoms with Crippen molar-refractivity contribution in [3.63, 3.8) is 0 Å². The van der Waals surface area contributed by atoms with Crippen molar-refractivity contribution in [1.29, 1.82) is 0 Å². The number of hydrogen-bond donors (Lipinski definition) is 4. The molecular weight excluding hydrogens is 184 g/mol. The second-order valence-corrected chi connectivity index (χ2v) is 2.85. The molecule has 0 rings (SSSR count). The van der Waals surface area contributed by atoms with Gasteiger partial charge in [0.2, 0.25) is 11.8 Å². The maximum Gasteiger partial charge on any atom is 0.234 e. The Balaban J connectivity index is 3.27. The van der Waals surface area contributed by atoms with Gasteiger partial charge in [-0.1, -0.05) is 6.92 Å². The molecule has 0 unspecified atom stereocenters. The number of nitrogens with one attached hydrogen (secondary N) is 3. The molecule has 0 saturated carbocycles. The standard InChI is InChI=1S/C8H18N4O2/c1-2-10-12-8(14)6-4-3-5-7(13)11-9/h10H,2-6,9H2,1H3,(H,11,13)(H,12,14). The van der Waals surface area contributed by atoms with E-state index in [0.29, 0.717) is 32.2 Å². The van der Waals surface area contributed by atoms with Crippen molar-refractivity contribution >= 4 is 11.8 Å². The minimum atomic E-state index is -0.197. The Bertz CT molecular complexity index is 184. The highest BCUT2D eigenvalue weighted by molar-refractivity contribution is 5.76. The minimum Gasteiger partial charge on any atom is -0.294 e. The van der Waals surface area contributed by atoms with Gasteiger partial charge < -0.3 is 0 Å². The highest BCUT2D eigenvalue weighted by Gasteiger charge is 2.01. The number of carbonyl (C=O) groups excluding carboxylic acids is 2. The maximum absolute atomic E-state index is 11.0. The first-order valence-corrected chi connectivity index (χ1v) is 4.71. The molecule has 82 valence electrons. The van der Waals surface area contributed by atoms with Gasteiger partial charge in [-0.25, -0.2) is 11.3 Å². The van der Waals surface area contributed by atoms with Crippen molar-refractivity contribution in [2.45, 2.75) is 32.6 Å². The van der Waals surface area contributed by atoms with Gasteiger partial charge in [0.05, 0.1) is 0 Å². The summed E-state index contributed by atoms with van der Waals surface area (Å²) in [7, 11) is 0. The molecule has 0 aromatic heterocycles. The Morgan fingerprint density at radius 2 is 1.71 bits per heavy atom. The first-order valence-electron chi connectivity index (χ1n) is 4.71. The summed E-state index contributed by atoms with van der Waals surface area (Å²) in [5.74, 6) is 4.64. The number of amides is 2. The van der Waals surface area contributed by atoms with E-state index < -0.39 is 0 Å². The molecule has 5 N–H and O–H groups in total. The first-order chi connectivity index (χ1) is 6.70. The number of unbranched alkanes of at least 4 members (excludes halogenated alkanes) is 1. The van der Waals surface area contributed by atoms with Crippen molar-refractivity contribution < 1.29 is 9.59 Å². The second kappa shape index (κ2) is 8.46. The van der Waals surface area contributed by atoms with Gasteiger partial charge in [0, 0.05) is 19.4 Å². The zero-order valence-electron chi connectivity index (χ0n) is 8.43. The Kier molecular flexibility index (Phi) is 7.77. The number of nitrogens with two attached hydrogens (primary N) is 1. The average molecular weight is 202 g/mol. The first kappa shape index (κ1) is 12.9. The molecule has 0 saturated heterocycles. The topological polar surface area (TPSA) is 96.2 Å². The lowest BCUT2D eigenvalue weighted by Gasteiger charge is -2.04. The van der Waals surface area contributed by atoms with E-state index in [1.807, 2.05) is 12.3 Å². The second-order valence-electron chi connectivity index (χ2n) is 2.85. The zero-order valence-corrected chi connectivity index (χ0v) is 8.43. The van der Waals surface area contributed by atoms with E-state index in [1.165, 1.54) is 0 Å². The third kappa shape index (κ3) is 7.51. The fourth-order valence-electron chi connectivity index (χ4n) is 0.893. The molecule has 0 aromatic rings. The van der Waals surface area contributed by atoms with E-state index in [-0.39, 0.29) is 11.8 Å². The van der Waals surface area contributed by atoms with Crippen LogP contribution in [0.1, 0.15) is 32.6 Å². The van der Waals surface area contributed by atoms with E-state index in [1.54, 1.807) is 0 Å². The lowest BCUT2D eigenvalue weighted by Crippen LogP contribution is -2.36. The molecule has 2 amide bonds. The van der Waals surface area contributed by atoms with Gasteiger partial charge in [-0.05, 0) is 12.8 Å². The number of carbonyl (C=O) groups is 2. The minimum absolute atomic E-state index is 0.0555. The lowest BCUT2D eigenvalue weighted by atomic mass is 10.2. The maximum atomic E-state index is 11.0. The Hall–Kier alpha value is -1.14. The predicted octanol–water partition coefficient (Wildman–Crippen LogP) is -0.823. The molecule has 0 aromatic carbocycles. The average Bonchev–Trinajstić information content (AvgIpc) is 2.21. The molecule has 0 aliphatic carbocycles. The summed E-state index contributed by atoms with van der Waals surface area (Å²) in [6, 6.07) is 0. The van der Waals surface area contributed by atoms with E-state index in [4.69, 9.17) is 5.84 Å². The molecule has 0 fully saturated rings. The van der Waals surface area contributed by atoms with Gasteiger partial charge >= 0.3 is 0 Å². The quantitative estimate of drug-likeness (QED) is 0.188. The third-order valence-electron chi connectivity index (χ3n) is 1.62. The van der Waals surface area contributed by atoms with Gasteiger partial charge in [-0.3, -0.25) is 20.4 Å². The molecule has 0 aliphatic rings. The summed E-state index contributed by atoms with van der Waals surface area (Å²) in [5, 5.41) is 0. The number of hydrazine groups is 2. The Labute approximate surface area is 83.5 Å². The molecular formula is C8H18N4O2. The molecule has 0 bridgehead atoms. The summed E-state index contributed by atoms with van der Waals surface area (Å²) in [6.07, 6.45) is 2.14. The number of hydrogen-bond acceptors (Lipinski definition) is 4. The fraction of sp³-hybridized carbons (Fsp3) is 0.750. The van der Waals surface area contributed by atoms with Crippen molar-refractivity contribution in [1.82, 2.24) is 16.3 Å². The smallest absolute Gasteiger partial charge is 0.234 e. The van der Waals surface area contributed by atoms with Crippen molar-refractivity contribution in [2.75, 3.05) is 6.54 Å². The van der Waals surface area contributed by atoms with Crippen molar-refractivity contribution in [2.24, 2.45) is 5.84 Å². The van der Waals surface area contributed by atoms with Crippen molar-refractivity contribution in [3.05, 3.63) is 0 Å². The molecule has 6 nitrogen and oxygen atoms in total. The van der Waals surface area contributed by atoms with Crippen LogP contribution in [0.15, 0.2) is 0 Å². The number of rotatable bonds is 7. The van der Waals surface area contributed by atoms with Crippen LogP contribution in [0, 0.1) is 0 Å². The molecule has 0 heterocycles. The van der Waals surface area contributed by atoms with Crippen molar-refractivity contribution in [3.8, 4) is 0 Å².